The summed E-state index contributed by atoms with van der Waals surface area (Å²) < 4.78 is 61.6. The summed E-state index contributed by atoms with van der Waals surface area (Å²) in [5, 5.41) is 2.37. The molecule has 102 valence electrons. The van der Waals surface area contributed by atoms with Crippen LogP contribution in [0.1, 0.15) is 13.3 Å². The number of rotatable bonds is 6. The second kappa shape index (κ2) is 6.08. The van der Waals surface area contributed by atoms with E-state index in [0.717, 1.165) is 6.07 Å². The van der Waals surface area contributed by atoms with Gasteiger partial charge in [0, 0.05) is 24.4 Å². The van der Waals surface area contributed by atoms with Gasteiger partial charge in [-0.15, -0.1) is 0 Å². The maximum Gasteiger partial charge on any atom is 0.182 e. The van der Waals surface area contributed by atoms with E-state index in [0.29, 0.717) is 12.5 Å². The number of nitrogens with one attached hydrogen (secondary N) is 1. The molecule has 0 saturated carbocycles. The molecule has 0 radical (unpaired) electrons. The molecule has 0 unspecified atom stereocenters. The molecule has 0 saturated heterocycles. The van der Waals surface area contributed by atoms with Crippen LogP contribution in [0.25, 0.3) is 0 Å². The average Bonchev–Trinajstić information content (AvgIpc) is 2.24. The van der Waals surface area contributed by atoms with Crippen LogP contribution in [-0.2, 0) is 9.84 Å². The number of hydrogen-bond donors (Lipinski definition) is 1. The standard InChI is InChI=1S/C11H14F3NO2S/c1-2-4-18(16,17)5-3-15-10-7-8(12)6-9(13)11(10)14/h6-7,15H,2-5H2,1H3. The summed E-state index contributed by atoms with van der Waals surface area (Å²) in [5.74, 6) is -3.63. The monoisotopic (exact) mass is 281 g/mol. The average molecular weight is 281 g/mol. The highest BCUT2D eigenvalue weighted by Gasteiger charge is 2.13. The first-order chi connectivity index (χ1) is 8.35. The van der Waals surface area contributed by atoms with Gasteiger partial charge in [0.25, 0.3) is 0 Å². The van der Waals surface area contributed by atoms with Crippen molar-refractivity contribution in [3.63, 3.8) is 0 Å². The third kappa shape index (κ3) is 4.21. The zero-order chi connectivity index (χ0) is 13.8. The minimum Gasteiger partial charge on any atom is -0.381 e. The SMILES string of the molecule is CCCS(=O)(=O)CCNc1cc(F)cc(F)c1F. The van der Waals surface area contributed by atoms with E-state index in [-0.39, 0.29) is 23.7 Å². The number of anilines is 1. The van der Waals surface area contributed by atoms with Crippen molar-refractivity contribution in [3.05, 3.63) is 29.6 Å². The highest BCUT2D eigenvalue weighted by atomic mass is 32.2. The molecular formula is C11H14F3NO2S. The van der Waals surface area contributed by atoms with Crippen molar-refractivity contribution in [2.45, 2.75) is 13.3 Å². The van der Waals surface area contributed by atoms with E-state index in [1.165, 1.54) is 0 Å². The number of benzene rings is 1. The van der Waals surface area contributed by atoms with Gasteiger partial charge in [-0.3, -0.25) is 0 Å². The molecule has 1 rings (SSSR count). The third-order valence-corrected chi connectivity index (χ3v) is 4.09. The lowest BCUT2D eigenvalue weighted by atomic mass is 10.3. The summed E-state index contributed by atoms with van der Waals surface area (Å²) in [6, 6.07) is 1.21. The van der Waals surface area contributed by atoms with Crippen LogP contribution in [0.2, 0.25) is 0 Å². The Morgan fingerprint density at radius 2 is 1.83 bits per heavy atom. The van der Waals surface area contributed by atoms with Crippen molar-refractivity contribution in [2.75, 3.05) is 23.4 Å². The van der Waals surface area contributed by atoms with Crippen LogP contribution >= 0.6 is 0 Å². The van der Waals surface area contributed by atoms with Crippen molar-refractivity contribution in [3.8, 4) is 0 Å². The largest absolute Gasteiger partial charge is 0.381 e. The van der Waals surface area contributed by atoms with E-state index in [4.69, 9.17) is 0 Å². The summed E-state index contributed by atoms with van der Waals surface area (Å²) in [7, 11) is -3.21. The Hall–Kier alpha value is -1.24. The van der Waals surface area contributed by atoms with Gasteiger partial charge < -0.3 is 5.32 Å². The Kier molecular flexibility index (Phi) is 5.01. The molecular weight excluding hydrogens is 267 g/mol. The molecule has 0 aromatic heterocycles. The summed E-state index contributed by atoms with van der Waals surface area (Å²) in [4.78, 5) is 0. The van der Waals surface area contributed by atoms with E-state index in [1.54, 1.807) is 6.92 Å². The maximum atomic E-state index is 13.2. The maximum absolute atomic E-state index is 13.2. The second-order valence-corrected chi connectivity index (χ2v) is 6.13. The predicted octanol–water partition coefficient (Wildman–Crippen LogP) is 2.34. The van der Waals surface area contributed by atoms with E-state index in [2.05, 4.69) is 5.32 Å². The first kappa shape index (κ1) is 14.8. The predicted molar refractivity (Wildman–Crippen MR) is 63.8 cm³/mol. The molecule has 1 N–H and O–H groups in total. The lowest BCUT2D eigenvalue weighted by Gasteiger charge is -2.08. The molecule has 0 spiro atoms. The first-order valence-corrected chi connectivity index (χ1v) is 7.26. The van der Waals surface area contributed by atoms with Gasteiger partial charge in [0.05, 0.1) is 11.4 Å². The van der Waals surface area contributed by atoms with Crippen molar-refractivity contribution >= 4 is 15.5 Å². The summed E-state index contributed by atoms with van der Waals surface area (Å²) >= 11 is 0. The van der Waals surface area contributed by atoms with Crippen molar-refractivity contribution < 1.29 is 21.6 Å². The van der Waals surface area contributed by atoms with Gasteiger partial charge in [-0.25, -0.2) is 21.6 Å². The summed E-state index contributed by atoms with van der Waals surface area (Å²) in [6.07, 6.45) is 0.491. The van der Waals surface area contributed by atoms with Gasteiger partial charge in [0.1, 0.15) is 5.82 Å². The summed E-state index contributed by atoms with van der Waals surface area (Å²) in [5.41, 5.74) is -0.376. The number of halogens is 3. The van der Waals surface area contributed by atoms with Crippen LogP contribution in [0.4, 0.5) is 18.9 Å². The van der Waals surface area contributed by atoms with Crippen LogP contribution < -0.4 is 5.32 Å². The summed E-state index contributed by atoms with van der Waals surface area (Å²) in [6.45, 7) is 1.63. The fraction of sp³-hybridized carbons (Fsp3) is 0.455. The first-order valence-electron chi connectivity index (χ1n) is 5.44. The third-order valence-electron chi connectivity index (χ3n) is 2.24. The van der Waals surface area contributed by atoms with E-state index >= 15 is 0 Å². The molecule has 0 aliphatic carbocycles. The Bertz CT molecular complexity index is 517. The molecule has 18 heavy (non-hydrogen) atoms. The van der Waals surface area contributed by atoms with Gasteiger partial charge in [0.15, 0.2) is 21.5 Å². The quantitative estimate of drug-likeness (QED) is 0.814. The fourth-order valence-electron chi connectivity index (χ4n) is 1.44. The van der Waals surface area contributed by atoms with Crippen molar-refractivity contribution in [1.82, 2.24) is 0 Å². The zero-order valence-corrected chi connectivity index (χ0v) is 10.7. The molecule has 0 bridgehead atoms. The Balaban J connectivity index is 2.65. The lowest BCUT2D eigenvalue weighted by Crippen LogP contribution is -2.18. The molecule has 0 aliphatic heterocycles. The minimum atomic E-state index is -3.21. The van der Waals surface area contributed by atoms with Gasteiger partial charge in [-0.1, -0.05) is 6.92 Å². The normalized spacial score (nSPS) is 11.6. The van der Waals surface area contributed by atoms with Crippen molar-refractivity contribution in [1.29, 1.82) is 0 Å². The van der Waals surface area contributed by atoms with Gasteiger partial charge in [-0.05, 0) is 6.42 Å². The minimum absolute atomic E-state index is 0.0364. The van der Waals surface area contributed by atoms with Crippen LogP contribution in [0.3, 0.4) is 0 Å². The molecule has 0 amide bonds. The van der Waals surface area contributed by atoms with Crippen LogP contribution in [0, 0.1) is 17.5 Å². The van der Waals surface area contributed by atoms with Gasteiger partial charge in [-0.2, -0.15) is 0 Å². The topological polar surface area (TPSA) is 46.2 Å². The van der Waals surface area contributed by atoms with E-state index in [1.807, 2.05) is 0 Å². The molecule has 0 atom stereocenters. The van der Waals surface area contributed by atoms with Crippen LogP contribution in [0.5, 0.6) is 0 Å². The molecule has 0 aliphatic rings. The van der Waals surface area contributed by atoms with Crippen LogP contribution in [-0.4, -0.2) is 26.5 Å². The lowest BCUT2D eigenvalue weighted by molar-refractivity contribution is 0.497. The molecule has 1 aromatic carbocycles. The molecule has 7 heteroatoms. The number of sulfone groups is 1. The smallest absolute Gasteiger partial charge is 0.182 e. The number of hydrogen-bond acceptors (Lipinski definition) is 3. The molecule has 3 nitrogen and oxygen atoms in total. The highest BCUT2D eigenvalue weighted by molar-refractivity contribution is 7.91. The molecule has 0 fully saturated rings. The van der Waals surface area contributed by atoms with Crippen LogP contribution in [0.15, 0.2) is 12.1 Å². The highest BCUT2D eigenvalue weighted by Crippen LogP contribution is 2.18. The molecule has 0 heterocycles. The Labute approximate surface area is 104 Å². The second-order valence-electron chi connectivity index (χ2n) is 3.83. The Morgan fingerprint density at radius 3 is 2.44 bits per heavy atom. The van der Waals surface area contributed by atoms with E-state index < -0.39 is 27.3 Å². The van der Waals surface area contributed by atoms with Gasteiger partial charge >= 0.3 is 0 Å². The molecule has 1 aromatic rings. The van der Waals surface area contributed by atoms with E-state index in [9.17, 15) is 21.6 Å². The van der Waals surface area contributed by atoms with Crippen molar-refractivity contribution in [2.24, 2.45) is 0 Å². The Morgan fingerprint density at radius 1 is 1.17 bits per heavy atom. The zero-order valence-electron chi connectivity index (χ0n) is 9.84. The van der Waals surface area contributed by atoms with Gasteiger partial charge in [0.2, 0.25) is 0 Å². The fourth-order valence-corrected chi connectivity index (χ4v) is 2.68.